The minimum absolute atomic E-state index is 0.144. The second-order valence-electron chi connectivity index (χ2n) is 9.14. The summed E-state index contributed by atoms with van der Waals surface area (Å²) >= 11 is 12.6. The number of likely N-dealkylation sites (tertiary alicyclic amines) is 1. The van der Waals surface area contributed by atoms with E-state index in [1.54, 1.807) is 35.8 Å². The molecule has 6 rings (SSSR count). The van der Waals surface area contributed by atoms with Crippen molar-refractivity contribution in [3.05, 3.63) is 73.9 Å². The Morgan fingerprint density at radius 1 is 1.11 bits per heavy atom. The lowest BCUT2D eigenvalue weighted by Gasteiger charge is -2.24. The Morgan fingerprint density at radius 2 is 1.83 bits per heavy atom. The van der Waals surface area contributed by atoms with Crippen LogP contribution in [-0.4, -0.2) is 53.6 Å². The van der Waals surface area contributed by atoms with Crippen molar-refractivity contribution in [2.45, 2.75) is 18.9 Å². The van der Waals surface area contributed by atoms with Crippen molar-refractivity contribution in [2.75, 3.05) is 20.1 Å². The van der Waals surface area contributed by atoms with Crippen LogP contribution in [0.3, 0.4) is 0 Å². The van der Waals surface area contributed by atoms with Crippen LogP contribution in [0, 0.1) is 0 Å². The summed E-state index contributed by atoms with van der Waals surface area (Å²) in [6.45, 7) is 2.11. The molecule has 1 aliphatic rings. The zero-order valence-corrected chi connectivity index (χ0v) is 21.2. The summed E-state index contributed by atoms with van der Waals surface area (Å²) in [7, 11) is 3.73. The molecule has 4 aromatic heterocycles. The van der Waals surface area contributed by atoms with Gasteiger partial charge >= 0.3 is 5.69 Å². The van der Waals surface area contributed by atoms with Crippen molar-refractivity contribution < 1.29 is 4.68 Å². The second-order valence-corrected chi connectivity index (χ2v) is 9.96. The topological polar surface area (TPSA) is 97.1 Å². The van der Waals surface area contributed by atoms with Crippen LogP contribution < -0.4 is 15.9 Å². The molecule has 1 fully saturated rings. The van der Waals surface area contributed by atoms with E-state index in [2.05, 4.69) is 31.7 Å². The Bertz CT molecular complexity index is 1740. The molecule has 0 aliphatic carbocycles. The summed E-state index contributed by atoms with van der Waals surface area (Å²) in [4.78, 5) is 38.2. The molecule has 12 heteroatoms. The van der Waals surface area contributed by atoms with Gasteiger partial charge in [-0.25, -0.2) is 19.3 Å². The first kappa shape index (κ1) is 23.0. The number of para-hydroxylation sites is 1. The summed E-state index contributed by atoms with van der Waals surface area (Å²) in [6.07, 6.45) is 9.32. The highest BCUT2D eigenvalue weighted by molar-refractivity contribution is 6.37. The van der Waals surface area contributed by atoms with E-state index in [1.165, 1.54) is 10.8 Å². The van der Waals surface area contributed by atoms with Gasteiger partial charge in [-0.3, -0.25) is 13.8 Å². The Hall–Kier alpha value is -3.47. The van der Waals surface area contributed by atoms with E-state index in [4.69, 9.17) is 23.2 Å². The summed E-state index contributed by atoms with van der Waals surface area (Å²) in [6, 6.07) is 5.22. The average Bonchev–Trinajstić information content (AvgIpc) is 3.52. The lowest BCUT2D eigenvalue weighted by molar-refractivity contribution is -0.775. The number of fused-ring (bicyclic) bond motifs is 3. The Labute approximate surface area is 214 Å². The van der Waals surface area contributed by atoms with Crippen LogP contribution >= 0.6 is 23.2 Å². The van der Waals surface area contributed by atoms with Crippen LogP contribution in [0.2, 0.25) is 10.0 Å². The highest BCUT2D eigenvalue weighted by atomic mass is 35.5. The van der Waals surface area contributed by atoms with E-state index in [0.717, 1.165) is 36.1 Å². The summed E-state index contributed by atoms with van der Waals surface area (Å²) in [5.74, 6) is 0.382. The molecule has 0 amide bonds. The molecule has 0 spiro atoms. The SMILES string of the molecule is CN1CCC([n+]2cc(-c3cn4c(ncc5c(=O)n(-c6c(Cl)cccc6Cl)c(=O)n(C)c54)n3)c[nH]2)CC1. The maximum Gasteiger partial charge on any atom is 0.337 e. The van der Waals surface area contributed by atoms with Gasteiger partial charge in [0.15, 0.2) is 6.04 Å². The second kappa shape index (κ2) is 8.58. The minimum atomic E-state index is -0.577. The van der Waals surface area contributed by atoms with Crippen LogP contribution in [0.4, 0.5) is 0 Å². The predicted octanol–water partition coefficient (Wildman–Crippen LogP) is 2.59. The molecule has 1 N–H and O–H groups in total. The largest absolute Gasteiger partial charge is 0.337 e. The molecule has 5 heterocycles. The van der Waals surface area contributed by atoms with Gasteiger partial charge in [0.1, 0.15) is 11.0 Å². The molecule has 0 unspecified atom stereocenters. The van der Waals surface area contributed by atoms with Gasteiger partial charge in [0, 0.05) is 45.4 Å². The molecule has 1 aliphatic heterocycles. The van der Waals surface area contributed by atoms with Gasteiger partial charge in [0.2, 0.25) is 12.0 Å². The lowest BCUT2D eigenvalue weighted by atomic mass is 10.1. The number of aryl methyl sites for hydroxylation is 1. The lowest BCUT2D eigenvalue weighted by Crippen LogP contribution is -2.46. The number of aromatic nitrogens is 7. The molecule has 10 nitrogen and oxygen atoms in total. The first-order chi connectivity index (χ1) is 17.3. The van der Waals surface area contributed by atoms with E-state index in [0.29, 0.717) is 23.2 Å². The standard InChI is InChI=1S/C24H22Cl2N8O2/c1-30-8-6-15(7-9-30)33-12-14(10-28-33)19-13-32-21-16(11-27-23(32)29-19)22(35)34(24(36)31(21)2)20-17(25)4-3-5-18(20)26/h3-5,10-13,15H,6-9H2,1-2H3/p+1. The molecular weight excluding hydrogens is 503 g/mol. The molecule has 5 aromatic rings. The normalized spacial score (nSPS) is 15.3. The maximum atomic E-state index is 13.5. The molecule has 1 aromatic carbocycles. The van der Waals surface area contributed by atoms with Gasteiger partial charge in [-0.15, -0.1) is 4.68 Å². The van der Waals surface area contributed by atoms with E-state index >= 15 is 0 Å². The Morgan fingerprint density at radius 3 is 2.56 bits per heavy atom. The number of nitrogens with zero attached hydrogens (tertiary/aromatic N) is 7. The van der Waals surface area contributed by atoms with Crippen LogP contribution in [0.25, 0.3) is 33.8 Å². The van der Waals surface area contributed by atoms with Gasteiger partial charge in [0.25, 0.3) is 5.56 Å². The number of halogens is 2. The van der Waals surface area contributed by atoms with Gasteiger partial charge in [-0.05, 0) is 19.2 Å². The van der Waals surface area contributed by atoms with Crippen molar-refractivity contribution in [3.8, 4) is 16.9 Å². The molecule has 1 saturated heterocycles. The molecule has 0 atom stereocenters. The van der Waals surface area contributed by atoms with E-state index in [-0.39, 0.29) is 21.1 Å². The van der Waals surface area contributed by atoms with Gasteiger partial charge in [-0.1, -0.05) is 29.3 Å². The Balaban J connectivity index is 1.49. The number of aromatic amines is 1. The van der Waals surface area contributed by atoms with Gasteiger partial charge < -0.3 is 4.90 Å². The van der Waals surface area contributed by atoms with E-state index < -0.39 is 11.2 Å². The smallest absolute Gasteiger partial charge is 0.306 e. The zero-order chi connectivity index (χ0) is 25.1. The molecular formula is C24H23Cl2N8O2+. The number of nitrogens with one attached hydrogen (secondary N) is 1. The fourth-order valence-corrected chi connectivity index (χ4v) is 5.47. The van der Waals surface area contributed by atoms with Crippen molar-refractivity contribution in [1.82, 2.24) is 33.5 Å². The Kier molecular flexibility index (Phi) is 5.47. The fraction of sp³-hybridized carbons (Fsp3) is 0.292. The van der Waals surface area contributed by atoms with Crippen molar-refractivity contribution in [1.29, 1.82) is 0 Å². The molecule has 0 saturated carbocycles. The van der Waals surface area contributed by atoms with Crippen molar-refractivity contribution in [2.24, 2.45) is 7.05 Å². The van der Waals surface area contributed by atoms with E-state index in [1.807, 2.05) is 12.4 Å². The zero-order valence-electron chi connectivity index (χ0n) is 19.7. The molecule has 0 bridgehead atoms. The van der Waals surface area contributed by atoms with Gasteiger partial charge in [0.05, 0.1) is 33.2 Å². The predicted molar refractivity (Wildman–Crippen MR) is 137 cm³/mol. The molecule has 184 valence electrons. The third kappa shape index (κ3) is 3.56. The van der Waals surface area contributed by atoms with Crippen LogP contribution in [0.1, 0.15) is 18.9 Å². The number of H-pyrrole nitrogens is 1. The first-order valence-corrected chi connectivity index (χ1v) is 12.3. The molecule has 0 radical (unpaired) electrons. The van der Waals surface area contributed by atoms with Crippen LogP contribution in [-0.2, 0) is 7.05 Å². The summed E-state index contributed by atoms with van der Waals surface area (Å²) in [5, 5.41) is 3.97. The van der Waals surface area contributed by atoms with Crippen LogP contribution in [0.15, 0.2) is 52.6 Å². The number of rotatable bonds is 3. The number of imidazole rings is 1. The maximum absolute atomic E-state index is 13.5. The first-order valence-electron chi connectivity index (χ1n) is 11.6. The van der Waals surface area contributed by atoms with Crippen LogP contribution in [0.5, 0.6) is 0 Å². The number of benzene rings is 1. The fourth-order valence-electron chi connectivity index (χ4n) is 4.90. The average molecular weight is 526 g/mol. The minimum Gasteiger partial charge on any atom is -0.306 e. The number of hydrogen-bond donors (Lipinski definition) is 1. The number of hydrogen-bond acceptors (Lipinski definition) is 5. The third-order valence-corrected chi connectivity index (χ3v) is 7.49. The summed E-state index contributed by atoms with van der Waals surface area (Å²) < 4.78 is 6.15. The quantitative estimate of drug-likeness (QED) is 0.365. The highest BCUT2D eigenvalue weighted by Gasteiger charge is 2.27. The third-order valence-electron chi connectivity index (χ3n) is 6.88. The van der Waals surface area contributed by atoms with Crippen molar-refractivity contribution in [3.63, 3.8) is 0 Å². The monoisotopic (exact) mass is 525 g/mol. The summed E-state index contributed by atoms with van der Waals surface area (Å²) in [5.41, 5.74) is 0.969. The number of piperidine rings is 1. The van der Waals surface area contributed by atoms with E-state index in [9.17, 15) is 9.59 Å². The van der Waals surface area contributed by atoms with Crippen molar-refractivity contribution >= 4 is 40.0 Å². The highest BCUT2D eigenvalue weighted by Crippen LogP contribution is 2.27. The molecule has 36 heavy (non-hydrogen) atoms. The van der Waals surface area contributed by atoms with Gasteiger partial charge in [-0.2, -0.15) is 5.10 Å².